The number of carbonyl (C=O) groups is 1. The van der Waals surface area contributed by atoms with Crippen LogP contribution in [0.2, 0.25) is 0 Å². The Balaban J connectivity index is 2.35. The van der Waals surface area contributed by atoms with Gasteiger partial charge in [-0.15, -0.1) is 0 Å². The van der Waals surface area contributed by atoms with E-state index in [1.165, 1.54) is 13.4 Å². The summed E-state index contributed by atoms with van der Waals surface area (Å²) in [4.78, 5) is 18.5. The summed E-state index contributed by atoms with van der Waals surface area (Å²) >= 11 is 0. The third-order valence-electron chi connectivity index (χ3n) is 1.56. The van der Waals surface area contributed by atoms with E-state index in [0.717, 1.165) is 5.69 Å². The molecule has 0 fully saturated rings. The van der Waals surface area contributed by atoms with Crippen LogP contribution in [0.1, 0.15) is 12.1 Å². The number of hydrogen-bond acceptors (Lipinski definition) is 5. The van der Waals surface area contributed by atoms with E-state index >= 15 is 0 Å². The Morgan fingerprint density at radius 2 is 2.29 bits per heavy atom. The molecule has 5 heteroatoms. The van der Waals surface area contributed by atoms with Crippen LogP contribution < -0.4 is 4.74 Å². The van der Waals surface area contributed by atoms with Crippen LogP contribution in [0.4, 0.5) is 0 Å². The SMILES string of the molecule is COC(=O)CCOc1cc(C)ncn1. The minimum absolute atomic E-state index is 0.222. The van der Waals surface area contributed by atoms with Gasteiger partial charge in [-0.3, -0.25) is 4.79 Å². The summed E-state index contributed by atoms with van der Waals surface area (Å²) in [6, 6.07) is 1.71. The number of esters is 1. The number of nitrogens with zero attached hydrogens (tertiary/aromatic N) is 2. The quantitative estimate of drug-likeness (QED) is 0.664. The van der Waals surface area contributed by atoms with Gasteiger partial charge in [-0.05, 0) is 6.92 Å². The van der Waals surface area contributed by atoms with Gasteiger partial charge in [0.05, 0.1) is 13.5 Å². The van der Waals surface area contributed by atoms with Crippen LogP contribution in [0.5, 0.6) is 5.88 Å². The van der Waals surface area contributed by atoms with Crippen molar-refractivity contribution in [1.82, 2.24) is 9.97 Å². The van der Waals surface area contributed by atoms with Crippen molar-refractivity contribution in [2.45, 2.75) is 13.3 Å². The van der Waals surface area contributed by atoms with Gasteiger partial charge in [0, 0.05) is 11.8 Å². The highest BCUT2D eigenvalue weighted by molar-refractivity contribution is 5.69. The molecule has 1 aromatic rings. The lowest BCUT2D eigenvalue weighted by atomic mass is 10.4. The molecule has 0 aliphatic rings. The highest BCUT2D eigenvalue weighted by Gasteiger charge is 2.01. The molecule has 0 aromatic carbocycles. The first kappa shape index (κ1) is 10.4. The number of hydrogen-bond donors (Lipinski definition) is 0. The second-order valence-electron chi connectivity index (χ2n) is 2.67. The summed E-state index contributed by atoms with van der Waals surface area (Å²) in [5.41, 5.74) is 0.827. The van der Waals surface area contributed by atoms with Crippen LogP contribution in [-0.2, 0) is 9.53 Å². The maximum absolute atomic E-state index is 10.7. The van der Waals surface area contributed by atoms with Crippen molar-refractivity contribution in [1.29, 1.82) is 0 Å². The van der Waals surface area contributed by atoms with E-state index in [-0.39, 0.29) is 19.0 Å². The third-order valence-corrected chi connectivity index (χ3v) is 1.56. The van der Waals surface area contributed by atoms with E-state index in [1.54, 1.807) is 6.07 Å². The molecule has 0 aliphatic heterocycles. The minimum atomic E-state index is -0.296. The van der Waals surface area contributed by atoms with E-state index in [1.807, 2.05) is 6.92 Å². The molecule has 0 aliphatic carbocycles. The van der Waals surface area contributed by atoms with Crippen LogP contribution in [-0.4, -0.2) is 29.7 Å². The Labute approximate surface area is 82.1 Å². The zero-order valence-corrected chi connectivity index (χ0v) is 8.19. The van der Waals surface area contributed by atoms with Gasteiger partial charge in [0.25, 0.3) is 0 Å². The van der Waals surface area contributed by atoms with Crippen LogP contribution >= 0.6 is 0 Å². The first-order valence-corrected chi connectivity index (χ1v) is 4.20. The number of rotatable bonds is 4. The van der Waals surface area contributed by atoms with Crippen molar-refractivity contribution in [3.63, 3.8) is 0 Å². The minimum Gasteiger partial charge on any atom is -0.477 e. The van der Waals surface area contributed by atoms with Crippen molar-refractivity contribution in [2.24, 2.45) is 0 Å². The molecule has 0 bridgehead atoms. The molecule has 0 spiro atoms. The van der Waals surface area contributed by atoms with Crippen LogP contribution in [0.15, 0.2) is 12.4 Å². The largest absolute Gasteiger partial charge is 0.477 e. The molecule has 1 heterocycles. The monoisotopic (exact) mass is 196 g/mol. The van der Waals surface area contributed by atoms with Gasteiger partial charge in [0.1, 0.15) is 12.9 Å². The highest BCUT2D eigenvalue weighted by Crippen LogP contribution is 2.05. The second-order valence-corrected chi connectivity index (χ2v) is 2.67. The Morgan fingerprint density at radius 3 is 2.93 bits per heavy atom. The van der Waals surface area contributed by atoms with Crippen molar-refractivity contribution in [3.05, 3.63) is 18.1 Å². The Morgan fingerprint density at radius 1 is 1.50 bits per heavy atom. The Bertz CT molecular complexity index is 315. The molecule has 0 N–H and O–H groups in total. The molecule has 1 rings (SSSR count). The van der Waals surface area contributed by atoms with Crippen molar-refractivity contribution < 1.29 is 14.3 Å². The number of carbonyl (C=O) groups excluding carboxylic acids is 1. The fourth-order valence-corrected chi connectivity index (χ4v) is 0.850. The Hall–Kier alpha value is -1.65. The zero-order valence-electron chi connectivity index (χ0n) is 8.19. The summed E-state index contributed by atoms with van der Waals surface area (Å²) in [6.45, 7) is 2.11. The summed E-state index contributed by atoms with van der Waals surface area (Å²) in [5.74, 6) is 0.178. The summed E-state index contributed by atoms with van der Waals surface area (Å²) in [6.07, 6.45) is 1.64. The predicted molar refractivity (Wildman–Crippen MR) is 48.9 cm³/mol. The molecule has 0 amide bonds. The molecule has 0 radical (unpaired) electrons. The molecule has 76 valence electrons. The maximum atomic E-state index is 10.7. The fraction of sp³-hybridized carbons (Fsp3) is 0.444. The van der Waals surface area contributed by atoms with Crippen LogP contribution in [0.3, 0.4) is 0 Å². The number of aryl methyl sites for hydroxylation is 1. The van der Waals surface area contributed by atoms with Gasteiger partial charge in [0.15, 0.2) is 0 Å². The standard InChI is InChI=1S/C9H12N2O3/c1-7-5-8(11-6-10-7)14-4-3-9(12)13-2/h5-6H,3-4H2,1-2H3. The van der Waals surface area contributed by atoms with Gasteiger partial charge >= 0.3 is 5.97 Å². The first-order chi connectivity index (χ1) is 6.72. The molecule has 0 saturated heterocycles. The smallest absolute Gasteiger partial charge is 0.308 e. The topological polar surface area (TPSA) is 61.3 Å². The van der Waals surface area contributed by atoms with Crippen LogP contribution in [0, 0.1) is 6.92 Å². The molecule has 5 nitrogen and oxygen atoms in total. The third kappa shape index (κ3) is 3.38. The van der Waals surface area contributed by atoms with Crippen LogP contribution in [0.25, 0.3) is 0 Å². The first-order valence-electron chi connectivity index (χ1n) is 4.20. The van der Waals surface area contributed by atoms with Gasteiger partial charge in [-0.1, -0.05) is 0 Å². The lowest BCUT2D eigenvalue weighted by Crippen LogP contribution is -2.08. The molecule has 1 aromatic heterocycles. The van der Waals surface area contributed by atoms with Crippen molar-refractivity contribution >= 4 is 5.97 Å². The summed E-state index contributed by atoms with van der Waals surface area (Å²) in [7, 11) is 1.34. The van der Waals surface area contributed by atoms with Gasteiger partial charge < -0.3 is 9.47 Å². The number of aromatic nitrogens is 2. The second kappa shape index (κ2) is 5.16. The highest BCUT2D eigenvalue weighted by atomic mass is 16.5. The summed E-state index contributed by atoms with van der Waals surface area (Å²) < 4.78 is 9.67. The molecular weight excluding hydrogens is 184 g/mol. The van der Waals surface area contributed by atoms with E-state index in [9.17, 15) is 4.79 Å². The number of ether oxygens (including phenoxy) is 2. The van der Waals surface area contributed by atoms with E-state index in [0.29, 0.717) is 5.88 Å². The normalized spacial score (nSPS) is 9.57. The molecule has 0 atom stereocenters. The molecular formula is C9H12N2O3. The average molecular weight is 196 g/mol. The molecule has 0 saturated carbocycles. The van der Waals surface area contributed by atoms with Crippen molar-refractivity contribution in [3.8, 4) is 5.88 Å². The fourth-order valence-electron chi connectivity index (χ4n) is 0.850. The number of methoxy groups -OCH3 is 1. The summed E-state index contributed by atoms with van der Waals surface area (Å²) in [5, 5.41) is 0. The predicted octanol–water partition coefficient (Wildman–Crippen LogP) is 0.727. The molecule has 0 unspecified atom stereocenters. The lowest BCUT2D eigenvalue weighted by molar-refractivity contribution is -0.141. The van der Waals surface area contributed by atoms with Crippen molar-refractivity contribution in [2.75, 3.05) is 13.7 Å². The molecule has 14 heavy (non-hydrogen) atoms. The maximum Gasteiger partial charge on any atom is 0.308 e. The Kier molecular flexibility index (Phi) is 3.84. The van der Waals surface area contributed by atoms with Gasteiger partial charge in [-0.2, -0.15) is 0 Å². The zero-order chi connectivity index (χ0) is 10.4. The lowest BCUT2D eigenvalue weighted by Gasteiger charge is -2.03. The van der Waals surface area contributed by atoms with Gasteiger partial charge in [0.2, 0.25) is 5.88 Å². The van der Waals surface area contributed by atoms with E-state index in [4.69, 9.17) is 4.74 Å². The van der Waals surface area contributed by atoms with Gasteiger partial charge in [-0.25, -0.2) is 9.97 Å². The van der Waals surface area contributed by atoms with E-state index in [2.05, 4.69) is 14.7 Å². The van der Waals surface area contributed by atoms with E-state index < -0.39 is 0 Å². The average Bonchev–Trinajstić information content (AvgIpc) is 2.17.